The maximum absolute atomic E-state index is 5.96. The highest BCUT2D eigenvalue weighted by molar-refractivity contribution is 7.07. The Balaban J connectivity index is 2.09. The summed E-state index contributed by atoms with van der Waals surface area (Å²) in [6.45, 7) is 4.23. The quantitative estimate of drug-likeness (QED) is 0.611. The lowest BCUT2D eigenvalue weighted by molar-refractivity contribution is 0.882. The topological polar surface area (TPSA) is 17.3 Å². The van der Waals surface area contributed by atoms with E-state index in [0.29, 0.717) is 0 Å². The molecule has 3 rings (SSSR count). The van der Waals surface area contributed by atoms with E-state index < -0.39 is 0 Å². The first-order chi connectivity index (χ1) is 10.6. The average molecular weight is 329 g/mol. The first-order valence-electron chi connectivity index (χ1n) is 7.07. The highest BCUT2D eigenvalue weighted by Crippen LogP contribution is 2.23. The SMILES string of the molecule is Cc1cccc(N=c2scc(-c3ccc(Cl)cc3)n2C)c1C. The smallest absolute Gasteiger partial charge is 0.190 e. The summed E-state index contributed by atoms with van der Waals surface area (Å²) in [5.41, 5.74) is 5.80. The summed E-state index contributed by atoms with van der Waals surface area (Å²) in [7, 11) is 2.05. The predicted molar refractivity (Wildman–Crippen MR) is 94.9 cm³/mol. The van der Waals surface area contributed by atoms with E-state index in [2.05, 4.69) is 42.0 Å². The van der Waals surface area contributed by atoms with Gasteiger partial charge in [-0.2, -0.15) is 0 Å². The number of benzene rings is 2. The Kier molecular flexibility index (Phi) is 4.19. The molecule has 3 aromatic rings. The van der Waals surface area contributed by atoms with Crippen LogP contribution >= 0.6 is 22.9 Å². The third kappa shape index (κ3) is 2.87. The number of nitrogens with zero attached hydrogens (tertiary/aromatic N) is 2. The molecule has 22 heavy (non-hydrogen) atoms. The fraction of sp³-hybridized carbons (Fsp3) is 0.167. The molecule has 4 heteroatoms. The van der Waals surface area contributed by atoms with Crippen molar-refractivity contribution in [1.82, 2.24) is 4.57 Å². The van der Waals surface area contributed by atoms with Crippen LogP contribution in [0.3, 0.4) is 0 Å². The van der Waals surface area contributed by atoms with Gasteiger partial charge in [-0.1, -0.05) is 35.9 Å². The molecule has 0 aliphatic carbocycles. The van der Waals surface area contributed by atoms with Crippen molar-refractivity contribution >= 4 is 28.6 Å². The molecule has 0 fully saturated rings. The monoisotopic (exact) mass is 328 g/mol. The summed E-state index contributed by atoms with van der Waals surface area (Å²) in [6, 6.07) is 14.1. The lowest BCUT2D eigenvalue weighted by atomic mass is 10.1. The summed E-state index contributed by atoms with van der Waals surface area (Å²) in [6.07, 6.45) is 0. The summed E-state index contributed by atoms with van der Waals surface area (Å²) in [4.78, 5) is 5.81. The standard InChI is InChI=1S/C18H17ClN2S/c1-12-5-4-6-16(13(12)2)20-18-21(3)17(11-22-18)14-7-9-15(19)10-8-14/h4-11H,1-3H3. The van der Waals surface area contributed by atoms with Gasteiger partial charge >= 0.3 is 0 Å². The lowest BCUT2D eigenvalue weighted by Gasteiger charge is -2.04. The molecule has 112 valence electrons. The van der Waals surface area contributed by atoms with E-state index in [0.717, 1.165) is 26.8 Å². The van der Waals surface area contributed by atoms with Gasteiger partial charge in [0.1, 0.15) is 0 Å². The van der Waals surface area contributed by atoms with Gasteiger partial charge in [-0.25, -0.2) is 4.99 Å². The Bertz CT molecular complexity index is 873. The van der Waals surface area contributed by atoms with Crippen LogP contribution in [0.15, 0.2) is 52.8 Å². The third-order valence-corrected chi connectivity index (χ3v) is 5.03. The molecule has 0 bridgehead atoms. The zero-order valence-electron chi connectivity index (χ0n) is 12.8. The molecule has 0 atom stereocenters. The molecule has 2 nitrogen and oxygen atoms in total. The molecular weight excluding hydrogens is 312 g/mol. The van der Waals surface area contributed by atoms with Crippen LogP contribution in [-0.2, 0) is 7.05 Å². The van der Waals surface area contributed by atoms with Gasteiger partial charge in [0.25, 0.3) is 0 Å². The minimum atomic E-state index is 0.752. The van der Waals surface area contributed by atoms with Crippen LogP contribution in [0, 0.1) is 13.8 Å². The molecule has 1 heterocycles. The first kappa shape index (κ1) is 15.1. The molecule has 2 aromatic carbocycles. The van der Waals surface area contributed by atoms with E-state index >= 15 is 0 Å². The summed E-state index contributed by atoms with van der Waals surface area (Å²) >= 11 is 7.61. The van der Waals surface area contributed by atoms with Crippen molar-refractivity contribution in [1.29, 1.82) is 0 Å². The Morgan fingerprint density at radius 2 is 1.77 bits per heavy atom. The van der Waals surface area contributed by atoms with Gasteiger partial charge in [0, 0.05) is 17.5 Å². The predicted octanol–water partition coefficient (Wildman–Crippen LogP) is 5.26. The normalized spacial score (nSPS) is 11.9. The average Bonchev–Trinajstić information content (AvgIpc) is 2.86. The van der Waals surface area contributed by atoms with Crippen molar-refractivity contribution in [2.45, 2.75) is 13.8 Å². The minimum Gasteiger partial charge on any atom is -0.320 e. The Morgan fingerprint density at radius 3 is 2.50 bits per heavy atom. The highest BCUT2D eigenvalue weighted by atomic mass is 35.5. The fourth-order valence-corrected chi connectivity index (χ4v) is 3.36. The zero-order valence-corrected chi connectivity index (χ0v) is 14.4. The molecule has 0 spiro atoms. The van der Waals surface area contributed by atoms with Gasteiger partial charge in [-0.05, 0) is 48.7 Å². The number of hydrogen-bond donors (Lipinski definition) is 0. The van der Waals surface area contributed by atoms with Crippen molar-refractivity contribution in [2.75, 3.05) is 0 Å². The number of aromatic nitrogens is 1. The summed E-state index contributed by atoms with van der Waals surface area (Å²) in [5.74, 6) is 0. The van der Waals surface area contributed by atoms with Crippen molar-refractivity contribution in [3.05, 3.63) is 68.8 Å². The highest BCUT2D eigenvalue weighted by Gasteiger charge is 2.05. The van der Waals surface area contributed by atoms with Crippen LogP contribution in [-0.4, -0.2) is 4.57 Å². The second-order valence-corrected chi connectivity index (χ2v) is 6.57. The summed E-state index contributed by atoms with van der Waals surface area (Å²) in [5, 5.41) is 2.88. The molecule has 0 unspecified atom stereocenters. The largest absolute Gasteiger partial charge is 0.320 e. The maximum Gasteiger partial charge on any atom is 0.190 e. The number of halogens is 1. The van der Waals surface area contributed by atoms with Crippen LogP contribution in [0.1, 0.15) is 11.1 Å². The van der Waals surface area contributed by atoms with E-state index in [4.69, 9.17) is 16.6 Å². The van der Waals surface area contributed by atoms with Crippen LogP contribution in [0.25, 0.3) is 11.3 Å². The number of aryl methyl sites for hydroxylation is 1. The van der Waals surface area contributed by atoms with E-state index in [1.54, 1.807) is 11.3 Å². The van der Waals surface area contributed by atoms with Crippen LogP contribution < -0.4 is 4.80 Å². The van der Waals surface area contributed by atoms with Gasteiger partial charge in [0.2, 0.25) is 0 Å². The Labute approximate surface area is 139 Å². The summed E-state index contributed by atoms with van der Waals surface area (Å²) < 4.78 is 2.12. The van der Waals surface area contributed by atoms with Crippen molar-refractivity contribution in [3.63, 3.8) is 0 Å². The molecule has 0 radical (unpaired) electrons. The first-order valence-corrected chi connectivity index (χ1v) is 8.33. The molecule has 0 saturated heterocycles. The number of thiazole rings is 1. The van der Waals surface area contributed by atoms with Crippen LogP contribution in [0.4, 0.5) is 5.69 Å². The Morgan fingerprint density at radius 1 is 1.05 bits per heavy atom. The van der Waals surface area contributed by atoms with Crippen LogP contribution in [0.2, 0.25) is 5.02 Å². The van der Waals surface area contributed by atoms with E-state index in [9.17, 15) is 0 Å². The van der Waals surface area contributed by atoms with E-state index in [-0.39, 0.29) is 0 Å². The van der Waals surface area contributed by atoms with Crippen LogP contribution in [0.5, 0.6) is 0 Å². The zero-order chi connectivity index (χ0) is 15.7. The number of rotatable bonds is 2. The molecule has 0 aliphatic rings. The second-order valence-electron chi connectivity index (χ2n) is 5.30. The molecule has 1 aromatic heterocycles. The molecule has 0 N–H and O–H groups in total. The Hall–Kier alpha value is -1.84. The molecular formula is C18H17ClN2S. The minimum absolute atomic E-state index is 0.752. The molecule has 0 amide bonds. The fourth-order valence-electron chi connectivity index (χ4n) is 2.31. The van der Waals surface area contributed by atoms with Gasteiger partial charge in [0.05, 0.1) is 11.4 Å². The third-order valence-electron chi connectivity index (χ3n) is 3.86. The van der Waals surface area contributed by atoms with Crippen molar-refractivity contribution in [3.8, 4) is 11.3 Å². The number of hydrogen-bond acceptors (Lipinski definition) is 2. The van der Waals surface area contributed by atoms with E-state index in [1.165, 1.54) is 11.1 Å². The maximum atomic E-state index is 5.96. The molecule has 0 saturated carbocycles. The van der Waals surface area contributed by atoms with Gasteiger partial charge in [0.15, 0.2) is 4.80 Å². The van der Waals surface area contributed by atoms with Gasteiger partial charge in [-0.3, -0.25) is 0 Å². The van der Waals surface area contributed by atoms with Gasteiger partial charge in [-0.15, -0.1) is 11.3 Å². The second kappa shape index (κ2) is 6.11. The lowest BCUT2D eigenvalue weighted by Crippen LogP contribution is -2.11. The van der Waals surface area contributed by atoms with Gasteiger partial charge < -0.3 is 4.57 Å². The van der Waals surface area contributed by atoms with Crippen molar-refractivity contribution < 1.29 is 0 Å². The molecule has 0 aliphatic heterocycles. The van der Waals surface area contributed by atoms with Crippen molar-refractivity contribution in [2.24, 2.45) is 12.0 Å². The van der Waals surface area contributed by atoms with E-state index in [1.807, 2.05) is 31.3 Å².